The van der Waals surface area contributed by atoms with Crippen LogP contribution in [-0.4, -0.2) is 29.8 Å². The van der Waals surface area contributed by atoms with Crippen LogP contribution in [0, 0.1) is 11.8 Å². The smallest absolute Gasteiger partial charge is 0.138 e. The number of nitrogens with zero attached hydrogens (tertiary/aromatic N) is 1. The number of Topliss-reactive ketones (excluding diaryl/α,β-unsaturated/α-hetero) is 1. The summed E-state index contributed by atoms with van der Waals surface area (Å²) in [6.45, 7) is 6.56. The topological polar surface area (TPSA) is 20.3 Å². The van der Waals surface area contributed by atoms with Crippen LogP contribution in [0.5, 0.6) is 0 Å². The van der Waals surface area contributed by atoms with Crippen molar-refractivity contribution in [3.05, 3.63) is 0 Å². The van der Waals surface area contributed by atoms with Crippen molar-refractivity contribution in [3.8, 4) is 0 Å². The van der Waals surface area contributed by atoms with Gasteiger partial charge >= 0.3 is 0 Å². The van der Waals surface area contributed by atoms with E-state index in [1.807, 2.05) is 0 Å². The van der Waals surface area contributed by atoms with Crippen molar-refractivity contribution in [3.63, 3.8) is 0 Å². The molecule has 0 amide bonds. The van der Waals surface area contributed by atoms with Gasteiger partial charge in [-0.05, 0) is 25.7 Å². The SMILES string of the molecule is CC1C(=O)CCN(CC2CCCCC2)C1C. The fourth-order valence-electron chi connectivity index (χ4n) is 3.23. The van der Waals surface area contributed by atoms with E-state index in [2.05, 4.69) is 18.7 Å². The fraction of sp³-hybridized carbons (Fsp3) is 0.929. The monoisotopic (exact) mass is 223 g/mol. The average molecular weight is 223 g/mol. The molecule has 2 rings (SSSR count). The molecule has 16 heavy (non-hydrogen) atoms. The number of carbonyl (C=O) groups is 1. The fourth-order valence-corrected chi connectivity index (χ4v) is 3.23. The summed E-state index contributed by atoms with van der Waals surface area (Å²) in [5.74, 6) is 1.61. The van der Waals surface area contributed by atoms with E-state index in [1.54, 1.807) is 0 Å². The van der Waals surface area contributed by atoms with Crippen LogP contribution in [-0.2, 0) is 4.79 Å². The summed E-state index contributed by atoms with van der Waals surface area (Å²) in [6.07, 6.45) is 7.86. The van der Waals surface area contributed by atoms with Crippen molar-refractivity contribution in [2.45, 2.75) is 58.4 Å². The van der Waals surface area contributed by atoms with Gasteiger partial charge in [0.15, 0.2) is 0 Å². The molecule has 2 heteroatoms. The molecule has 2 atom stereocenters. The van der Waals surface area contributed by atoms with Gasteiger partial charge in [0.1, 0.15) is 5.78 Å². The molecule has 1 aliphatic heterocycles. The molecule has 2 aliphatic rings. The molecule has 1 heterocycles. The van der Waals surface area contributed by atoms with E-state index < -0.39 is 0 Å². The standard InChI is InChI=1S/C14H25NO/c1-11-12(2)15(9-8-14(11)16)10-13-6-4-3-5-7-13/h11-13H,3-10H2,1-2H3. The molecule has 2 nitrogen and oxygen atoms in total. The van der Waals surface area contributed by atoms with Gasteiger partial charge in [-0.2, -0.15) is 0 Å². The lowest BCUT2D eigenvalue weighted by molar-refractivity contribution is -0.128. The van der Waals surface area contributed by atoms with Gasteiger partial charge in [-0.3, -0.25) is 9.69 Å². The number of ketones is 1. The molecule has 2 unspecified atom stereocenters. The first-order valence-corrected chi connectivity index (χ1v) is 6.95. The van der Waals surface area contributed by atoms with Crippen molar-refractivity contribution >= 4 is 5.78 Å². The van der Waals surface area contributed by atoms with Crippen molar-refractivity contribution < 1.29 is 4.79 Å². The maximum atomic E-state index is 11.6. The Morgan fingerprint density at radius 3 is 2.56 bits per heavy atom. The Hall–Kier alpha value is -0.370. The van der Waals surface area contributed by atoms with E-state index in [-0.39, 0.29) is 5.92 Å². The van der Waals surface area contributed by atoms with Gasteiger partial charge in [0.05, 0.1) is 0 Å². The number of piperidine rings is 1. The second kappa shape index (κ2) is 5.31. The maximum absolute atomic E-state index is 11.6. The van der Waals surface area contributed by atoms with Crippen LogP contribution in [0.4, 0.5) is 0 Å². The summed E-state index contributed by atoms with van der Waals surface area (Å²) >= 11 is 0. The molecule has 0 bridgehead atoms. The van der Waals surface area contributed by atoms with Crippen LogP contribution in [0.15, 0.2) is 0 Å². The highest BCUT2D eigenvalue weighted by atomic mass is 16.1. The lowest BCUT2D eigenvalue weighted by Crippen LogP contribution is -2.48. The van der Waals surface area contributed by atoms with E-state index in [4.69, 9.17) is 0 Å². The second-order valence-electron chi connectivity index (χ2n) is 5.74. The molecule has 1 saturated heterocycles. The molecule has 1 aliphatic carbocycles. The van der Waals surface area contributed by atoms with Crippen LogP contribution in [0.2, 0.25) is 0 Å². The molecule has 0 radical (unpaired) electrons. The number of rotatable bonds is 2. The molecule has 0 aromatic carbocycles. The zero-order chi connectivity index (χ0) is 11.5. The predicted octanol–water partition coefficient (Wildman–Crippen LogP) is 2.87. The summed E-state index contributed by atoms with van der Waals surface area (Å²) < 4.78 is 0. The van der Waals surface area contributed by atoms with Crippen molar-refractivity contribution in [1.29, 1.82) is 0 Å². The van der Waals surface area contributed by atoms with Gasteiger partial charge in [0, 0.05) is 31.5 Å². The molecule has 0 aromatic rings. The average Bonchev–Trinajstić information content (AvgIpc) is 2.31. The minimum absolute atomic E-state index is 0.248. The highest BCUT2D eigenvalue weighted by Crippen LogP contribution is 2.27. The lowest BCUT2D eigenvalue weighted by Gasteiger charge is -2.39. The minimum Gasteiger partial charge on any atom is -0.299 e. The highest BCUT2D eigenvalue weighted by molar-refractivity contribution is 5.82. The molecule has 1 saturated carbocycles. The van der Waals surface area contributed by atoms with Gasteiger partial charge in [-0.25, -0.2) is 0 Å². The van der Waals surface area contributed by atoms with Gasteiger partial charge in [-0.15, -0.1) is 0 Å². The predicted molar refractivity (Wildman–Crippen MR) is 66.4 cm³/mol. The Labute approximate surface area is 99.4 Å². The van der Waals surface area contributed by atoms with Gasteiger partial charge in [0.25, 0.3) is 0 Å². The zero-order valence-corrected chi connectivity index (χ0v) is 10.7. The largest absolute Gasteiger partial charge is 0.299 e. The van der Waals surface area contributed by atoms with Crippen LogP contribution in [0.25, 0.3) is 0 Å². The molecule has 0 aromatic heterocycles. The van der Waals surface area contributed by atoms with Crippen molar-refractivity contribution in [2.24, 2.45) is 11.8 Å². The first-order valence-electron chi connectivity index (χ1n) is 6.95. The highest BCUT2D eigenvalue weighted by Gasteiger charge is 2.31. The lowest BCUT2D eigenvalue weighted by atomic mass is 9.86. The zero-order valence-electron chi connectivity index (χ0n) is 10.7. The third kappa shape index (κ3) is 2.65. The molecule has 0 spiro atoms. The normalized spacial score (nSPS) is 34.2. The molecule has 2 fully saturated rings. The first kappa shape index (κ1) is 12.1. The van der Waals surface area contributed by atoms with Crippen molar-refractivity contribution in [1.82, 2.24) is 4.90 Å². The third-order valence-corrected chi connectivity index (χ3v) is 4.67. The quantitative estimate of drug-likeness (QED) is 0.717. The molecular weight excluding hydrogens is 198 g/mol. The number of likely N-dealkylation sites (tertiary alicyclic amines) is 1. The summed E-state index contributed by atoms with van der Waals surface area (Å²) in [6, 6.07) is 0.461. The van der Waals surface area contributed by atoms with E-state index in [1.165, 1.54) is 38.6 Å². The van der Waals surface area contributed by atoms with Gasteiger partial charge < -0.3 is 0 Å². The first-order chi connectivity index (χ1) is 7.68. The minimum atomic E-state index is 0.248. The Kier molecular flexibility index (Phi) is 4.01. The molecule has 92 valence electrons. The summed E-state index contributed by atoms with van der Waals surface area (Å²) in [4.78, 5) is 14.2. The van der Waals surface area contributed by atoms with E-state index in [9.17, 15) is 4.79 Å². The summed E-state index contributed by atoms with van der Waals surface area (Å²) in [7, 11) is 0. The number of hydrogen-bond acceptors (Lipinski definition) is 2. The molecular formula is C14H25NO. The molecule has 0 N–H and O–H groups in total. The Morgan fingerprint density at radius 1 is 1.19 bits per heavy atom. The number of carbonyl (C=O) groups excluding carboxylic acids is 1. The van der Waals surface area contributed by atoms with Gasteiger partial charge in [0.2, 0.25) is 0 Å². The van der Waals surface area contributed by atoms with E-state index in [0.717, 1.165) is 18.9 Å². The Bertz CT molecular complexity index is 245. The van der Waals surface area contributed by atoms with Crippen LogP contribution >= 0.6 is 0 Å². The van der Waals surface area contributed by atoms with Crippen LogP contribution < -0.4 is 0 Å². The Balaban J connectivity index is 1.86. The Morgan fingerprint density at radius 2 is 1.88 bits per heavy atom. The van der Waals surface area contributed by atoms with Crippen LogP contribution in [0.1, 0.15) is 52.4 Å². The number of hydrogen-bond donors (Lipinski definition) is 0. The third-order valence-electron chi connectivity index (χ3n) is 4.67. The second-order valence-corrected chi connectivity index (χ2v) is 5.74. The van der Waals surface area contributed by atoms with Crippen LogP contribution in [0.3, 0.4) is 0 Å². The van der Waals surface area contributed by atoms with Crippen molar-refractivity contribution in [2.75, 3.05) is 13.1 Å². The maximum Gasteiger partial charge on any atom is 0.138 e. The van der Waals surface area contributed by atoms with E-state index in [0.29, 0.717) is 11.8 Å². The van der Waals surface area contributed by atoms with Gasteiger partial charge in [-0.1, -0.05) is 26.2 Å². The summed E-state index contributed by atoms with van der Waals surface area (Å²) in [5, 5.41) is 0. The van der Waals surface area contributed by atoms with E-state index >= 15 is 0 Å². The summed E-state index contributed by atoms with van der Waals surface area (Å²) in [5.41, 5.74) is 0.